The van der Waals surface area contributed by atoms with Gasteiger partial charge >= 0.3 is 0 Å². The fraction of sp³-hybridized carbons (Fsp3) is 0.192. The zero-order valence-corrected chi connectivity index (χ0v) is 22.0. The van der Waals surface area contributed by atoms with E-state index in [2.05, 4.69) is 26.0 Å². The Labute approximate surface area is 219 Å². The lowest BCUT2D eigenvalue weighted by Gasteiger charge is -2.30. The molecule has 10 heteroatoms. The van der Waals surface area contributed by atoms with Crippen LogP contribution in [0, 0.1) is 0 Å². The van der Waals surface area contributed by atoms with Crippen LogP contribution >= 0.6 is 15.9 Å². The molecule has 3 aromatic carbocycles. The Balaban J connectivity index is 1.63. The number of amides is 1. The van der Waals surface area contributed by atoms with E-state index in [9.17, 15) is 13.2 Å². The number of carbonyl (C=O) groups is 1. The standard InChI is InChI=1S/C26H26BrN3O5S/c1-34-24-8-3-2-7-22(24)29-36(32,33)25-18-21(10-11-23(25)30-13-15-35-16-14-30)28-26(31)12-9-19-5-4-6-20(27)17-19/h2-12,17-18,29H,13-16H2,1H3,(H,28,31)/b12-9+. The van der Waals surface area contributed by atoms with Crippen molar-refractivity contribution in [3.8, 4) is 5.75 Å². The van der Waals surface area contributed by atoms with Gasteiger partial charge in [-0.3, -0.25) is 9.52 Å². The smallest absolute Gasteiger partial charge is 0.264 e. The summed E-state index contributed by atoms with van der Waals surface area (Å²) in [6.07, 6.45) is 3.09. The number of sulfonamides is 1. The summed E-state index contributed by atoms with van der Waals surface area (Å²) >= 11 is 3.40. The number of nitrogens with zero attached hydrogens (tertiary/aromatic N) is 1. The van der Waals surface area contributed by atoms with Gasteiger partial charge < -0.3 is 19.7 Å². The van der Waals surface area contributed by atoms with Gasteiger partial charge in [-0.2, -0.15) is 0 Å². The minimum atomic E-state index is -4.03. The summed E-state index contributed by atoms with van der Waals surface area (Å²) in [6.45, 7) is 2.10. The Kier molecular flexibility index (Phi) is 8.29. The SMILES string of the molecule is COc1ccccc1NS(=O)(=O)c1cc(NC(=O)/C=C/c2cccc(Br)c2)ccc1N1CCOCC1. The Morgan fingerprint density at radius 1 is 1.06 bits per heavy atom. The summed E-state index contributed by atoms with van der Waals surface area (Å²) in [5.41, 5.74) is 2.06. The highest BCUT2D eigenvalue weighted by molar-refractivity contribution is 9.10. The summed E-state index contributed by atoms with van der Waals surface area (Å²) in [5, 5.41) is 2.76. The number of morpholine rings is 1. The highest BCUT2D eigenvalue weighted by Gasteiger charge is 2.25. The van der Waals surface area contributed by atoms with E-state index in [1.165, 1.54) is 19.3 Å². The van der Waals surface area contributed by atoms with E-state index in [-0.39, 0.29) is 10.8 Å². The molecule has 0 radical (unpaired) electrons. The van der Waals surface area contributed by atoms with Crippen LogP contribution in [-0.2, 0) is 19.6 Å². The van der Waals surface area contributed by atoms with E-state index >= 15 is 0 Å². The summed E-state index contributed by atoms with van der Waals surface area (Å²) in [6, 6.07) is 19.2. The van der Waals surface area contributed by atoms with E-state index in [0.717, 1.165) is 10.0 Å². The normalized spacial score (nSPS) is 14.0. The quantitative estimate of drug-likeness (QED) is 0.379. The molecule has 1 saturated heterocycles. The minimum Gasteiger partial charge on any atom is -0.495 e. The Hall–Kier alpha value is -3.34. The van der Waals surface area contributed by atoms with Crippen LogP contribution in [0.25, 0.3) is 6.08 Å². The summed E-state index contributed by atoms with van der Waals surface area (Å²) in [4.78, 5) is 14.6. The van der Waals surface area contributed by atoms with Crippen molar-refractivity contribution in [1.82, 2.24) is 0 Å². The van der Waals surface area contributed by atoms with E-state index in [1.807, 2.05) is 29.2 Å². The first-order chi connectivity index (χ1) is 17.4. The van der Waals surface area contributed by atoms with Gasteiger partial charge in [-0.15, -0.1) is 0 Å². The third-order valence-electron chi connectivity index (χ3n) is 5.50. The predicted molar refractivity (Wildman–Crippen MR) is 145 cm³/mol. The highest BCUT2D eigenvalue weighted by Crippen LogP contribution is 2.33. The molecule has 4 rings (SSSR count). The molecule has 0 atom stereocenters. The van der Waals surface area contributed by atoms with Crippen LogP contribution in [0.5, 0.6) is 5.75 Å². The lowest BCUT2D eigenvalue weighted by atomic mass is 10.2. The first-order valence-corrected chi connectivity index (χ1v) is 13.5. The molecular formula is C26H26BrN3O5S. The number of benzene rings is 3. The minimum absolute atomic E-state index is 0.0454. The fourth-order valence-electron chi connectivity index (χ4n) is 3.77. The maximum atomic E-state index is 13.6. The van der Waals surface area contributed by atoms with E-state index in [0.29, 0.717) is 49.1 Å². The number of para-hydroxylation sites is 2. The average Bonchev–Trinajstić information content (AvgIpc) is 2.88. The summed E-state index contributed by atoms with van der Waals surface area (Å²) < 4.78 is 41.4. The number of methoxy groups -OCH3 is 1. The summed E-state index contributed by atoms with van der Waals surface area (Å²) in [5.74, 6) is 0.0197. The molecule has 1 aliphatic rings. The van der Waals surface area contributed by atoms with Gasteiger partial charge in [-0.1, -0.05) is 40.2 Å². The highest BCUT2D eigenvalue weighted by atomic mass is 79.9. The van der Waals surface area contributed by atoms with Gasteiger partial charge in [0.15, 0.2) is 0 Å². The Bertz CT molecular complexity index is 1370. The van der Waals surface area contributed by atoms with Crippen molar-refractivity contribution >= 4 is 55.0 Å². The van der Waals surface area contributed by atoms with Crippen LogP contribution < -0.4 is 19.7 Å². The van der Waals surface area contributed by atoms with Crippen molar-refractivity contribution in [3.05, 3.63) is 82.8 Å². The van der Waals surface area contributed by atoms with Crippen LogP contribution in [0.1, 0.15) is 5.56 Å². The van der Waals surface area contributed by atoms with E-state index in [4.69, 9.17) is 9.47 Å². The summed E-state index contributed by atoms with van der Waals surface area (Å²) in [7, 11) is -2.55. The van der Waals surface area contributed by atoms with Crippen molar-refractivity contribution in [2.45, 2.75) is 4.90 Å². The van der Waals surface area contributed by atoms with Crippen molar-refractivity contribution in [2.75, 3.05) is 48.4 Å². The number of hydrogen-bond acceptors (Lipinski definition) is 6. The zero-order chi connectivity index (χ0) is 25.5. The van der Waals surface area contributed by atoms with Gasteiger partial charge in [0.05, 0.1) is 31.7 Å². The number of nitrogens with one attached hydrogen (secondary N) is 2. The van der Waals surface area contributed by atoms with E-state index < -0.39 is 10.0 Å². The van der Waals surface area contributed by atoms with Crippen LogP contribution in [0.4, 0.5) is 17.1 Å². The second-order valence-electron chi connectivity index (χ2n) is 7.97. The van der Waals surface area contributed by atoms with Gasteiger partial charge in [-0.25, -0.2) is 8.42 Å². The van der Waals surface area contributed by atoms with Crippen molar-refractivity contribution in [1.29, 1.82) is 0 Å². The monoisotopic (exact) mass is 571 g/mol. The zero-order valence-electron chi connectivity index (χ0n) is 19.6. The van der Waals surface area contributed by atoms with Gasteiger partial charge in [0.1, 0.15) is 10.6 Å². The van der Waals surface area contributed by atoms with Crippen LogP contribution in [-0.4, -0.2) is 47.7 Å². The Morgan fingerprint density at radius 2 is 1.83 bits per heavy atom. The molecule has 1 aliphatic heterocycles. The molecule has 0 aromatic heterocycles. The molecule has 0 bridgehead atoms. The molecule has 1 amide bonds. The third kappa shape index (κ3) is 6.45. The number of rotatable bonds is 8. The van der Waals surface area contributed by atoms with Crippen LogP contribution in [0.2, 0.25) is 0 Å². The molecule has 8 nitrogen and oxygen atoms in total. The number of carbonyl (C=O) groups excluding carboxylic acids is 1. The second kappa shape index (κ2) is 11.6. The third-order valence-corrected chi connectivity index (χ3v) is 7.38. The number of hydrogen-bond donors (Lipinski definition) is 2. The molecule has 0 saturated carbocycles. The molecule has 2 N–H and O–H groups in total. The lowest BCUT2D eigenvalue weighted by Crippen LogP contribution is -2.37. The average molecular weight is 572 g/mol. The maximum Gasteiger partial charge on any atom is 0.264 e. The predicted octanol–water partition coefficient (Wildman–Crippen LogP) is 4.75. The number of halogens is 1. The molecular weight excluding hydrogens is 546 g/mol. The van der Waals surface area contributed by atoms with Crippen LogP contribution in [0.15, 0.2) is 82.2 Å². The van der Waals surface area contributed by atoms with Crippen molar-refractivity contribution in [3.63, 3.8) is 0 Å². The topological polar surface area (TPSA) is 97.0 Å². The van der Waals surface area contributed by atoms with E-state index in [1.54, 1.807) is 42.5 Å². The van der Waals surface area contributed by atoms with Gasteiger partial charge in [-0.05, 0) is 54.1 Å². The lowest BCUT2D eigenvalue weighted by molar-refractivity contribution is -0.111. The van der Waals surface area contributed by atoms with Gasteiger partial charge in [0, 0.05) is 29.3 Å². The van der Waals surface area contributed by atoms with Crippen molar-refractivity contribution < 1.29 is 22.7 Å². The molecule has 0 spiro atoms. The van der Waals surface area contributed by atoms with Crippen LogP contribution in [0.3, 0.4) is 0 Å². The molecule has 1 heterocycles. The fourth-order valence-corrected chi connectivity index (χ4v) is 5.51. The molecule has 0 aliphatic carbocycles. The van der Waals surface area contributed by atoms with Gasteiger partial charge in [0.25, 0.3) is 10.0 Å². The molecule has 0 unspecified atom stereocenters. The second-order valence-corrected chi connectivity index (χ2v) is 10.5. The number of ether oxygens (including phenoxy) is 2. The first kappa shape index (κ1) is 25.7. The first-order valence-electron chi connectivity index (χ1n) is 11.2. The largest absolute Gasteiger partial charge is 0.495 e. The Morgan fingerprint density at radius 3 is 2.58 bits per heavy atom. The van der Waals surface area contributed by atoms with Crippen molar-refractivity contribution in [2.24, 2.45) is 0 Å². The van der Waals surface area contributed by atoms with Gasteiger partial charge in [0.2, 0.25) is 5.91 Å². The molecule has 188 valence electrons. The molecule has 36 heavy (non-hydrogen) atoms. The molecule has 3 aromatic rings. The number of anilines is 3. The molecule has 1 fully saturated rings. The maximum absolute atomic E-state index is 13.6.